The Labute approximate surface area is 101 Å². The second-order valence-electron chi connectivity index (χ2n) is 5.95. The Bertz CT molecular complexity index is 184. The van der Waals surface area contributed by atoms with Gasteiger partial charge >= 0.3 is 0 Å². The lowest BCUT2D eigenvalue weighted by atomic mass is 9.84. The second-order valence-corrected chi connectivity index (χ2v) is 5.95. The van der Waals surface area contributed by atoms with Gasteiger partial charge in [0.1, 0.15) is 0 Å². The van der Waals surface area contributed by atoms with Crippen LogP contribution in [0, 0.1) is 5.41 Å². The zero-order valence-corrected chi connectivity index (χ0v) is 11.3. The minimum atomic E-state index is 0.432. The van der Waals surface area contributed by atoms with E-state index >= 15 is 0 Å². The van der Waals surface area contributed by atoms with Crippen LogP contribution < -0.4 is 5.73 Å². The van der Waals surface area contributed by atoms with Gasteiger partial charge in [0.2, 0.25) is 0 Å². The standard InChI is InChI=1S/C13H29N3/c1-13(2,6-7-14)5-4-8-16-11-9-15(3)10-12-16/h4-12,14H2,1-3H3. The van der Waals surface area contributed by atoms with E-state index in [1.807, 2.05) is 0 Å². The fraction of sp³-hybridized carbons (Fsp3) is 1.00. The highest BCUT2D eigenvalue weighted by Gasteiger charge is 2.18. The first-order chi connectivity index (χ1) is 7.53. The molecule has 0 radical (unpaired) electrons. The highest BCUT2D eigenvalue weighted by atomic mass is 15.2. The van der Waals surface area contributed by atoms with E-state index in [1.165, 1.54) is 45.6 Å². The van der Waals surface area contributed by atoms with Gasteiger partial charge in [-0.1, -0.05) is 13.8 Å². The summed E-state index contributed by atoms with van der Waals surface area (Å²) in [6.45, 7) is 11.7. The van der Waals surface area contributed by atoms with E-state index in [1.54, 1.807) is 0 Å². The summed E-state index contributed by atoms with van der Waals surface area (Å²) >= 11 is 0. The van der Waals surface area contributed by atoms with E-state index < -0.39 is 0 Å². The van der Waals surface area contributed by atoms with Crippen molar-refractivity contribution in [2.45, 2.75) is 33.1 Å². The summed E-state index contributed by atoms with van der Waals surface area (Å²) in [5.74, 6) is 0. The Kier molecular flexibility index (Phi) is 5.73. The van der Waals surface area contributed by atoms with Crippen LogP contribution >= 0.6 is 0 Å². The first-order valence-electron chi connectivity index (χ1n) is 6.64. The Morgan fingerprint density at radius 1 is 1.06 bits per heavy atom. The Morgan fingerprint density at radius 3 is 2.25 bits per heavy atom. The van der Waals surface area contributed by atoms with Gasteiger partial charge in [-0.2, -0.15) is 0 Å². The molecular formula is C13H29N3. The molecule has 96 valence electrons. The molecule has 1 fully saturated rings. The van der Waals surface area contributed by atoms with Gasteiger partial charge in [0.05, 0.1) is 0 Å². The molecule has 3 heteroatoms. The van der Waals surface area contributed by atoms with Gasteiger partial charge in [-0.25, -0.2) is 0 Å². The van der Waals surface area contributed by atoms with Gasteiger partial charge in [-0.3, -0.25) is 0 Å². The molecule has 16 heavy (non-hydrogen) atoms. The van der Waals surface area contributed by atoms with Gasteiger partial charge in [0.25, 0.3) is 0 Å². The lowest BCUT2D eigenvalue weighted by Crippen LogP contribution is -2.44. The van der Waals surface area contributed by atoms with E-state index in [-0.39, 0.29) is 0 Å². The Balaban J connectivity index is 2.11. The topological polar surface area (TPSA) is 32.5 Å². The number of nitrogens with two attached hydrogens (primary N) is 1. The molecule has 0 bridgehead atoms. The fourth-order valence-corrected chi connectivity index (χ4v) is 2.37. The zero-order valence-electron chi connectivity index (χ0n) is 11.3. The molecule has 0 amide bonds. The van der Waals surface area contributed by atoms with Gasteiger partial charge in [-0.15, -0.1) is 0 Å². The molecule has 0 aromatic carbocycles. The number of rotatable bonds is 6. The summed E-state index contributed by atoms with van der Waals surface area (Å²) in [7, 11) is 2.21. The van der Waals surface area contributed by atoms with Crippen molar-refractivity contribution in [3.8, 4) is 0 Å². The number of piperazine rings is 1. The minimum absolute atomic E-state index is 0.432. The van der Waals surface area contributed by atoms with Crippen molar-refractivity contribution in [1.82, 2.24) is 9.80 Å². The smallest absolute Gasteiger partial charge is 0.0110 e. The molecule has 1 saturated heterocycles. The molecule has 1 aliphatic heterocycles. The fourth-order valence-electron chi connectivity index (χ4n) is 2.37. The first-order valence-corrected chi connectivity index (χ1v) is 6.64. The van der Waals surface area contributed by atoms with Crippen LogP contribution in [0.1, 0.15) is 33.1 Å². The van der Waals surface area contributed by atoms with Crippen molar-refractivity contribution in [2.24, 2.45) is 11.1 Å². The largest absolute Gasteiger partial charge is 0.330 e. The van der Waals surface area contributed by atoms with Crippen LogP contribution in [0.5, 0.6) is 0 Å². The maximum Gasteiger partial charge on any atom is 0.0110 e. The lowest BCUT2D eigenvalue weighted by molar-refractivity contribution is 0.146. The summed E-state index contributed by atoms with van der Waals surface area (Å²) in [5.41, 5.74) is 6.06. The molecule has 0 aliphatic carbocycles. The van der Waals surface area contributed by atoms with Crippen molar-refractivity contribution in [3.05, 3.63) is 0 Å². The van der Waals surface area contributed by atoms with Gasteiger partial charge in [0.15, 0.2) is 0 Å². The van der Waals surface area contributed by atoms with Gasteiger partial charge in [-0.05, 0) is 44.8 Å². The SMILES string of the molecule is CN1CCN(CCCC(C)(C)CCN)CC1. The van der Waals surface area contributed by atoms with Crippen LogP contribution in [0.2, 0.25) is 0 Å². The summed E-state index contributed by atoms with van der Waals surface area (Å²) in [6, 6.07) is 0. The van der Waals surface area contributed by atoms with E-state index in [2.05, 4.69) is 30.7 Å². The number of hydrogen-bond donors (Lipinski definition) is 1. The first kappa shape index (κ1) is 13.9. The molecule has 1 heterocycles. The minimum Gasteiger partial charge on any atom is -0.330 e. The Morgan fingerprint density at radius 2 is 1.69 bits per heavy atom. The van der Waals surface area contributed by atoms with E-state index in [9.17, 15) is 0 Å². The molecule has 3 nitrogen and oxygen atoms in total. The van der Waals surface area contributed by atoms with Crippen LogP contribution in [0.15, 0.2) is 0 Å². The van der Waals surface area contributed by atoms with E-state index in [0.29, 0.717) is 5.41 Å². The van der Waals surface area contributed by atoms with Crippen LogP contribution in [0.3, 0.4) is 0 Å². The number of nitrogens with zero attached hydrogens (tertiary/aromatic N) is 2. The molecule has 2 N–H and O–H groups in total. The molecule has 0 spiro atoms. The molecule has 0 aromatic heterocycles. The highest BCUT2D eigenvalue weighted by molar-refractivity contribution is 4.73. The van der Waals surface area contributed by atoms with Crippen molar-refractivity contribution in [3.63, 3.8) is 0 Å². The third kappa shape index (κ3) is 5.28. The van der Waals surface area contributed by atoms with Crippen molar-refractivity contribution in [2.75, 3.05) is 46.3 Å². The summed E-state index contributed by atoms with van der Waals surface area (Å²) in [6.07, 6.45) is 3.77. The zero-order chi connectivity index (χ0) is 12.0. The molecule has 0 saturated carbocycles. The quantitative estimate of drug-likeness (QED) is 0.744. The van der Waals surface area contributed by atoms with Gasteiger partial charge < -0.3 is 15.5 Å². The molecule has 0 atom stereocenters. The van der Waals surface area contributed by atoms with Crippen LogP contribution in [0.4, 0.5) is 0 Å². The normalized spacial score (nSPS) is 20.2. The monoisotopic (exact) mass is 227 g/mol. The maximum atomic E-state index is 5.63. The molecule has 1 aliphatic rings. The Hall–Kier alpha value is -0.120. The van der Waals surface area contributed by atoms with Crippen LogP contribution in [-0.4, -0.2) is 56.1 Å². The summed E-state index contributed by atoms with van der Waals surface area (Å²) in [5, 5.41) is 0. The van der Waals surface area contributed by atoms with Crippen molar-refractivity contribution in [1.29, 1.82) is 0 Å². The second kappa shape index (κ2) is 6.58. The highest BCUT2D eigenvalue weighted by Crippen LogP contribution is 2.25. The van der Waals surface area contributed by atoms with Crippen molar-refractivity contribution < 1.29 is 0 Å². The predicted octanol–water partition coefficient (Wildman–Crippen LogP) is 1.39. The van der Waals surface area contributed by atoms with E-state index in [0.717, 1.165) is 13.0 Å². The van der Waals surface area contributed by atoms with Crippen molar-refractivity contribution >= 4 is 0 Å². The molecule has 1 rings (SSSR count). The summed E-state index contributed by atoms with van der Waals surface area (Å²) < 4.78 is 0. The average Bonchev–Trinajstić information content (AvgIpc) is 2.20. The summed E-state index contributed by atoms with van der Waals surface area (Å²) in [4.78, 5) is 5.01. The van der Waals surface area contributed by atoms with E-state index in [4.69, 9.17) is 5.73 Å². The van der Waals surface area contributed by atoms with Crippen LogP contribution in [-0.2, 0) is 0 Å². The maximum absolute atomic E-state index is 5.63. The third-order valence-corrected chi connectivity index (χ3v) is 3.74. The van der Waals surface area contributed by atoms with Crippen LogP contribution in [0.25, 0.3) is 0 Å². The third-order valence-electron chi connectivity index (χ3n) is 3.74. The lowest BCUT2D eigenvalue weighted by Gasteiger charge is -2.33. The van der Waals surface area contributed by atoms with Gasteiger partial charge in [0, 0.05) is 26.2 Å². The number of likely N-dealkylation sites (N-methyl/N-ethyl adjacent to an activating group) is 1. The molecule has 0 aromatic rings. The molecular weight excluding hydrogens is 198 g/mol. The molecule has 0 unspecified atom stereocenters. The predicted molar refractivity (Wildman–Crippen MR) is 70.6 cm³/mol. The number of hydrogen-bond acceptors (Lipinski definition) is 3. The average molecular weight is 227 g/mol.